The molecule has 0 fully saturated rings. The molecule has 0 heterocycles. The fraction of sp³-hybridized carbons (Fsp3) is 0.800. The van der Waals surface area contributed by atoms with E-state index in [9.17, 15) is 4.79 Å². The minimum absolute atomic E-state index is 0. The van der Waals surface area contributed by atoms with Gasteiger partial charge < -0.3 is 5.73 Å². The zero-order valence-electron chi connectivity index (χ0n) is 6.33. The van der Waals surface area contributed by atoms with E-state index in [0.717, 1.165) is 0 Å². The molecule has 0 radical (unpaired) electrons. The minimum Gasteiger partial charge on any atom is -0.368 e. The summed E-state index contributed by atoms with van der Waals surface area (Å²) >= 11 is 0. The van der Waals surface area contributed by atoms with E-state index in [0.29, 0.717) is 0 Å². The number of nitrogens with zero attached hydrogens (tertiary/aromatic N) is 1. The number of nitrogens with two attached hydrogens (primary N) is 1. The lowest BCUT2D eigenvalue weighted by Gasteiger charge is -2.14. The van der Waals surface area contributed by atoms with Crippen molar-refractivity contribution in [3.05, 3.63) is 0 Å². The number of amides is 1. The fourth-order valence-corrected chi connectivity index (χ4v) is 0.254. The lowest BCUT2D eigenvalue weighted by atomic mass is 10.3. The van der Waals surface area contributed by atoms with Gasteiger partial charge in [-0.3, -0.25) is 9.69 Å². The van der Waals surface area contributed by atoms with Gasteiger partial charge in [-0.2, -0.15) is 0 Å². The molecule has 1 atom stereocenters. The van der Waals surface area contributed by atoms with Crippen molar-refractivity contribution >= 4 is 30.7 Å². The number of hydrogen-bond donors (Lipinski definition) is 1. The Hall–Kier alpha value is 0.01000. The maximum absolute atomic E-state index is 10.3. The summed E-state index contributed by atoms with van der Waals surface area (Å²) in [6, 6.07) is -0.157. The van der Waals surface area contributed by atoms with E-state index >= 15 is 0 Å². The molecule has 10 heavy (non-hydrogen) atoms. The second kappa shape index (κ2) is 7.12. The lowest BCUT2D eigenvalue weighted by Crippen LogP contribution is -2.37. The molecule has 3 nitrogen and oxygen atoms in total. The number of halogens is 2. The summed E-state index contributed by atoms with van der Waals surface area (Å²) in [4.78, 5) is 12.1. The van der Waals surface area contributed by atoms with E-state index in [1.807, 2.05) is 14.1 Å². The fourth-order valence-electron chi connectivity index (χ4n) is 0.254. The zero-order valence-corrected chi connectivity index (χ0v) is 7.96. The number of carbonyl (C=O) groups is 1. The van der Waals surface area contributed by atoms with Crippen LogP contribution in [0.25, 0.3) is 0 Å². The highest BCUT2D eigenvalue weighted by atomic mass is 35.5. The van der Waals surface area contributed by atoms with Crippen molar-refractivity contribution < 1.29 is 4.79 Å². The van der Waals surface area contributed by atoms with Crippen LogP contribution in [0, 0.1) is 0 Å². The van der Waals surface area contributed by atoms with E-state index in [-0.39, 0.29) is 36.8 Å². The highest BCUT2D eigenvalue weighted by molar-refractivity contribution is 5.85. The predicted octanol–water partition coefficient (Wildman–Crippen LogP) is 0.265. The molecule has 1 amide bonds. The molecule has 0 bridgehead atoms. The third-order valence-electron chi connectivity index (χ3n) is 1.19. The first-order chi connectivity index (χ1) is 3.55. The van der Waals surface area contributed by atoms with Crippen LogP contribution in [-0.4, -0.2) is 30.9 Å². The molecule has 0 aromatic heterocycles. The second-order valence-corrected chi connectivity index (χ2v) is 2.04. The SMILES string of the molecule is CC(C(N)=O)N(C)C.Cl.Cl. The second-order valence-electron chi connectivity index (χ2n) is 2.04. The zero-order chi connectivity index (χ0) is 6.73. The van der Waals surface area contributed by atoms with Crippen molar-refractivity contribution in [2.75, 3.05) is 14.1 Å². The predicted molar refractivity (Wildman–Crippen MR) is 46.8 cm³/mol. The molecule has 0 aliphatic carbocycles. The van der Waals surface area contributed by atoms with Crippen LogP contribution in [0.2, 0.25) is 0 Å². The minimum atomic E-state index is -0.282. The van der Waals surface area contributed by atoms with Crippen LogP contribution in [0.15, 0.2) is 0 Å². The van der Waals surface area contributed by atoms with Crippen LogP contribution in [0.4, 0.5) is 0 Å². The van der Waals surface area contributed by atoms with Crippen molar-refractivity contribution in [1.82, 2.24) is 4.90 Å². The molecule has 0 aromatic carbocycles. The topological polar surface area (TPSA) is 46.3 Å². The Bertz CT molecular complexity index is 97.6. The molecule has 0 aliphatic rings. The first kappa shape index (κ1) is 16.5. The summed E-state index contributed by atoms with van der Waals surface area (Å²) in [5.41, 5.74) is 4.96. The number of likely N-dealkylation sites (N-methyl/N-ethyl adjacent to an activating group) is 1. The summed E-state index contributed by atoms with van der Waals surface area (Å²) in [7, 11) is 3.63. The first-order valence-corrected chi connectivity index (χ1v) is 2.51. The Kier molecular flexibility index (Phi) is 11.8. The van der Waals surface area contributed by atoms with Crippen molar-refractivity contribution in [2.24, 2.45) is 5.73 Å². The Labute approximate surface area is 73.8 Å². The summed E-state index contributed by atoms with van der Waals surface area (Å²) in [6.07, 6.45) is 0. The molecule has 5 heteroatoms. The average molecular weight is 189 g/mol. The maximum atomic E-state index is 10.3. The van der Waals surface area contributed by atoms with Crippen LogP contribution in [-0.2, 0) is 4.79 Å². The monoisotopic (exact) mass is 188 g/mol. The standard InChI is InChI=1S/C5H12N2O.2ClH/c1-4(5(6)8)7(2)3;;/h4H,1-3H3,(H2,6,8);2*1H. The Morgan fingerprint density at radius 1 is 1.40 bits per heavy atom. The molecule has 0 aliphatic heterocycles. The van der Waals surface area contributed by atoms with Crippen LogP contribution < -0.4 is 5.73 Å². The van der Waals surface area contributed by atoms with Gasteiger partial charge in [0.2, 0.25) is 5.91 Å². The van der Waals surface area contributed by atoms with Gasteiger partial charge in [-0.15, -0.1) is 24.8 Å². The maximum Gasteiger partial charge on any atom is 0.234 e. The van der Waals surface area contributed by atoms with Crippen LogP contribution in [0.3, 0.4) is 0 Å². The summed E-state index contributed by atoms with van der Waals surface area (Å²) in [5, 5.41) is 0. The quantitative estimate of drug-likeness (QED) is 0.677. The van der Waals surface area contributed by atoms with Gasteiger partial charge in [-0.05, 0) is 21.0 Å². The Morgan fingerprint density at radius 3 is 1.70 bits per heavy atom. The van der Waals surface area contributed by atoms with Gasteiger partial charge in [0, 0.05) is 0 Å². The van der Waals surface area contributed by atoms with E-state index in [2.05, 4.69) is 0 Å². The summed E-state index contributed by atoms with van der Waals surface area (Å²) < 4.78 is 0. The molecular formula is C5H14Cl2N2O. The van der Waals surface area contributed by atoms with Crippen molar-refractivity contribution in [1.29, 1.82) is 0 Å². The van der Waals surface area contributed by atoms with Crippen molar-refractivity contribution in [2.45, 2.75) is 13.0 Å². The van der Waals surface area contributed by atoms with Gasteiger partial charge in [0.05, 0.1) is 6.04 Å². The third kappa shape index (κ3) is 6.13. The van der Waals surface area contributed by atoms with E-state index in [4.69, 9.17) is 5.73 Å². The molecule has 0 rings (SSSR count). The Morgan fingerprint density at radius 2 is 1.70 bits per heavy atom. The number of primary amides is 1. The third-order valence-corrected chi connectivity index (χ3v) is 1.19. The molecular weight excluding hydrogens is 175 g/mol. The normalized spacial score (nSPS) is 11.2. The molecule has 64 valence electrons. The molecule has 1 unspecified atom stereocenters. The smallest absolute Gasteiger partial charge is 0.234 e. The highest BCUT2D eigenvalue weighted by Gasteiger charge is 2.08. The Balaban J connectivity index is -0.000000245. The number of hydrogen-bond acceptors (Lipinski definition) is 2. The highest BCUT2D eigenvalue weighted by Crippen LogP contribution is 1.86. The van der Waals surface area contributed by atoms with Gasteiger partial charge in [-0.1, -0.05) is 0 Å². The van der Waals surface area contributed by atoms with Gasteiger partial charge in [0.15, 0.2) is 0 Å². The molecule has 0 spiro atoms. The van der Waals surface area contributed by atoms with Crippen LogP contribution in [0.5, 0.6) is 0 Å². The first-order valence-electron chi connectivity index (χ1n) is 2.51. The number of carbonyl (C=O) groups excluding carboxylic acids is 1. The van der Waals surface area contributed by atoms with Gasteiger partial charge in [0.1, 0.15) is 0 Å². The molecule has 0 saturated carbocycles. The van der Waals surface area contributed by atoms with Gasteiger partial charge >= 0.3 is 0 Å². The van der Waals surface area contributed by atoms with Crippen LogP contribution >= 0.6 is 24.8 Å². The largest absolute Gasteiger partial charge is 0.368 e. The molecule has 0 aromatic rings. The van der Waals surface area contributed by atoms with Gasteiger partial charge in [0.25, 0.3) is 0 Å². The van der Waals surface area contributed by atoms with Crippen molar-refractivity contribution in [3.8, 4) is 0 Å². The summed E-state index contributed by atoms with van der Waals surface area (Å²) in [5.74, 6) is -0.282. The van der Waals surface area contributed by atoms with Crippen molar-refractivity contribution in [3.63, 3.8) is 0 Å². The molecule has 0 saturated heterocycles. The molecule has 2 N–H and O–H groups in total. The van der Waals surface area contributed by atoms with E-state index < -0.39 is 0 Å². The average Bonchev–Trinajstić information content (AvgIpc) is 1.64. The number of rotatable bonds is 2. The summed E-state index contributed by atoms with van der Waals surface area (Å²) in [6.45, 7) is 1.77. The van der Waals surface area contributed by atoms with E-state index in [1.54, 1.807) is 11.8 Å². The van der Waals surface area contributed by atoms with E-state index in [1.165, 1.54) is 0 Å². The van der Waals surface area contributed by atoms with Crippen LogP contribution in [0.1, 0.15) is 6.92 Å². The van der Waals surface area contributed by atoms with Gasteiger partial charge in [-0.25, -0.2) is 0 Å². The lowest BCUT2D eigenvalue weighted by molar-refractivity contribution is -0.121.